The fraction of sp³-hybridized carbons (Fsp3) is 0. The Labute approximate surface area is 249 Å². The molecule has 2 aromatic heterocycles. The SMILES string of the molecule is O=C(Nc1oc2ccccc2c1Br)c1ccc(-c2nc3c4ccccc4c4ccccc4c3n2-c2ccccc2)cc1. The Morgan fingerprint density at radius 2 is 1.26 bits per heavy atom. The van der Waals surface area contributed by atoms with Crippen LogP contribution in [-0.2, 0) is 0 Å². The van der Waals surface area contributed by atoms with E-state index in [9.17, 15) is 4.79 Å². The summed E-state index contributed by atoms with van der Waals surface area (Å²) in [6.07, 6.45) is 0. The molecule has 6 aromatic carbocycles. The number of halogens is 1. The van der Waals surface area contributed by atoms with Crippen molar-refractivity contribution in [3.63, 3.8) is 0 Å². The molecule has 42 heavy (non-hydrogen) atoms. The van der Waals surface area contributed by atoms with Gasteiger partial charge in [-0.1, -0.05) is 91.0 Å². The number of furan rings is 1. The summed E-state index contributed by atoms with van der Waals surface area (Å²) in [4.78, 5) is 18.5. The average Bonchev–Trinajstić information content (AvgIpc) is 3.60. The molecule has 0 aliphatic rings. The van der Waals surface area contributed by atoms with Crippen LogP contribution >= 0.6 is 15.9 Å². The Hall–Kier alpha value is -5.20. The predicted molar refractivity (Wildman–Crippen MR) is 173 cm³/mol. The lowest BCUT2D eigenvalue weighted by atomic mass is 10.00. The van der Waals surface area contributed by atoms with Crippen molar-refractivity contribution in [1.29, 1.82) is 0 Å². The van der Waals surface area contributed by atoms with Gasteiger partial charge in [0.05, 0.1) is 15.5 Å². The van der Waals surface area contributed by atoms with Crippen molar-refractivity contribution in [3.05, 3.63) is 137 Å². The molecule has 0 spiro atoms. The van der Waals surface area contributed by atoms with E-state index < -0.39 is 0 Å². The molecule has 0 saturated heterocycles. The molecule has 0 atom stereocenters. The van der Waals surface area contributed by atoms with Crippen LogP contribution in [0.25, 0.3) is 60.6 Å². The molecule has 0 aliphatic carbocycles. The number of imidazole rings is 1. The average molecular weight is 608 g/mol. The van der Waals surface area contributed by atoms with Crippen LogP contribution in [-0.4, -0.2) is 15.5 Å². The molecule has 200 valence electrons. The molecule has 0 fully saturated rings. The summed E-state index contributed by atoms with van der Waals surface area (Å²) in [6, 6.07) is 42.4. The van der Waals surface area contributed by atoms with E-state index >= 15 is 0 Å². The Morgan fingerprint density at radius 1 is 0.667 bits per heavy atom. The third-order valence-corrected chi connectivity index (χ3v) is 8.50. The van der Waals surface area contributed by atoms with Gasteiger partial charge in [-0.25, -0.2) is 4.98 Å². The first-order chi connectivity index (χ1) is 20.7. The second-order valence-electron chi connectivity index (χ2n) is 10.2. The van der Waals surface area contributed by atoms with Crippen LogP contribution in [0.1, 0.15) is 10.4 Å². The fourth-order valence-electron chi connectivity index (χ4n) is 5.77. The number of carbonyl (C=O) groups is 1. The Balaban J connectivity index is 1.27. The van der Waals surface area contributed by atoms with Crippen molar-refractivity contribution < 1.29 is 9.21 Å². The van der Waals surface area contributed by atoms with Crippen LogP contribution in [0, 0.1) is 0 Å². The zero-order valence-electron chi connectivity index (χ0n) is 22.2. The van der Waals surface area contributed by atoms with Crippen LogP contribution in [0.2, 0.25) is 0 Å². The predicted octanol–water partition coefficient (Wildman–Crippen LogP) is 9.76. The van der Waals surface area contributed by atoms with E-state index in [2.05, 4.69) is 86.5 Å². The molecule has 8 rings (SSSR count). The maximum absolute atomic E-state index is 13.2. The molecule has 0 radical (unpaired) electrons. The molecule has 2 heterocycles. The summed E-state index contributed by atoms with van der Waals surface area (Å²) in [6.45, 7) is 0. The van der Waals surface area contributed by atoms with Gasteiger partial charge in [0, 0.05) is 33.0 Å². The van der Waals surface area contributed by atoms with Gasteiger partial charge in [-0.2, -0.15) is 0 Å². The molecule has 0 unspecified atom stereocenters. The van der Waals surface area contributed by atoms with E-state index in [4.69, 9.17) is 9.40 Å². The molecular weight excluding hydrogens is 586 g/mol. The number of amides is 1. The van der Waals surface area contributed by atoms with Crippen molar-refractivity contribution in [2.24, 2.45) is 0 Å². The number of aromatic nitrogens is 2. The largest absolute Gasteiger partial charge is 0.439 e. The van der Waals surface area contributed by atoms with E-state index in [-0.39, 0.29) is 5.91 Å². The van der Waals surface area contributed by atoms with Gasteiger partial charge in [-0.05, 0) is 63.1 Å². The first kappa shape index (κ1) is 24.6. The van der Waals surface area contributed by atoms with Crippen LogP contribution in [0.15, 0.2) is 136 Å². The molecule has 5 nitrogen and oxygen atoms in total. The third-order valence-electron chi connectivity index (χ3n) is 7.71. The van der Waals surface area contributed by atoms with Gasteiger partial charge in [-0.3, -0.25) is 14.7 Å². The zero-order chi connectivity index (χ0) is 28.2. The molecule has 0 saturated carbocycles. The maximum Gasteiger partial charge on any atom is 0.258 e. The Bertz CT molecular complexity index is 2300. The second kappa shape index (κ2) is 9.72. The highest BCUT2D eigenvalue weighted by Crippen LogP contribution is 2.39. The lowest BCUT2D eigenvalue weighted by Gasteiger charge is -2.12. The minimum atomic E-state index is -0.255. The molecule has 1 N–H and O–H groups in total. The zero-order valence-corrected chi connectivity index (χ0v) is 23.8. The maximum atomic E-state index is 13.2. The van der Waals surface area contributed by atoms with Gasteiger partial charge < -0.3 is 4.42 Å². The van der Waals surface area contributed by atoms with E-state index in [0.717, 1.165) is 48.7 Å². The number of benzene rings is 6. The van der Waals surface area contributed by atoms with Crippen LogP contribution in [0.5, 0.6) is 0 Å². The summed E-state index contributed by atoms with van der Waals surface area (Å²) in [5, 5.41) is 8.42. The minimum absolute atomic E-state index is 0.255. The first-order valence-corrected chi connectivity index (χ1v) is 14.4. The fourth-order valence-corrected chi connectivity index (χ4v) is 6.28. The van der Waals surface area contributed by atoms with Crippen molar-refractivity contribution in [2.45, 2.75) is 0 Å². The summed E-state index contributed by atoms with van der Waals surface area (Å²) in [5.41, 5.74) is 5.15. The van der Waals surface area contributed by atoms with Crippen LogP contribution in [0.4, 0.5) is 5.88 Å². The number of hydrogen-bond acceptors (Lipinski definition) is 3. The Kier molecular flexibility index (Phi) is 5.69. The van der Waals surface area contributed by atoms with Crippen molar-refractivity contribution in [1.82, 2.24) is 9.55 Å². The molecule has 0 bridgehead atoms. The van der Waals surface area contributed by atoms with E-state index in [0.29, 0.717) is 17.0 Å². The monoisotopic (exact) mass is 607 g/mol. The van der Waals surface area contributed by atoms with E-state index in [1.165, 1.54) is 10.8 Å². The summed E-state index contributed by atoms with van der Waals surface area (Å²) >= 11 is 3.56. The number of carbonyl (C=O) groups excluding carboxylic acids is 1. The molecule has 1 amide bonds. The quantitative estimate of drug-likeness (QED) is 0.202. The number of rotatable bonds is 4. The summed E-state index contributed by atoms with van der Waals surface area (Å²) in [7, 11) is 0. The van der Waals surface area contributed by atoms with Gasteiger partial charge in [0.15, 0.2) is 0 Å². The van der Waals surface area contributed by atoms with Gasteiger partial charge in [-0.15, -0.1) is 0 Å². The van der Waals surface area contributed by atoms with Crippen molar-refractivity contribution >= 4 is 71.3 Å². The molecule has 8 aromatic rings. The number of fused-ring (bicyclic) bond motifs is 7. The van der Waals surface area contributed by atoms with Gasteiger partial charge >= 0.3 is 0 Å². The second-order valence-corrected chi connectivity index (χ2v) is 11.0. The number of para-hydroxylation sites is 2. The smallest absolute Gasteiger partial charge is 0.258 e. The number of nitrogens with one attached hydrogen (secondary N) is 1. The molecular formula is C36H22BrN3O2. The lowest BCUT2D eigenvalue weighted by molar-refractivity contribution is 0.102. The Morgan fingerprint density at radius 3 is 1.98 bits per heavy atom. The summed E-state index contributed by atoms with van der Waals surface area (Å²) < 4.78 is 8.81. The topological polar surface area (TPSA) is 60.1 Å². The first-order valence-electron chi connectivity index (χ1n) is 13.6. The van der Waals surface area contributed by atoms with Crippen molar-refractivity contribution in [2.75, 3.05) is 5.32 Å². The van der Waals surface area contributed by atoms with Gasteiger partial charge in [0.1, 0.15) is 11.4 Å². The number of hydrogen-bond donors (Lipinski definition) is 1. The van der Waals surface area contributed by atoms with E-state index in [1.807, 2.05) is 66.7 Å². The number of nitrogens with zero attached hydrogens (tertiary/aromatic N) is 2. The summed E-state index contributed by atoms with van der Waals surface area (Å²) in [5.74, 6) is 0.939. The van der Waals surface area contributed by atoms with E-state index in [1.54, 1.807) is 0 Å². The highest BCUT2D eigenvalue weighted by atomic mass is 79.9. The van der Waals surface area contributed by atoms with Crippen molar-refractivity contribution in [3.8, 4) is 17.1 Å². The molecule has 6 heteroatoms. The number of anilines is 1. The lowest BCUT2D eigenvalue weighted by Crippen LogP contribution is -2.11. The molecule has 0 aliphatic heterocycles. The van der Waals surface area contributed by atoms with Crippen LogP contribution < -0.4 is 5.32 Å². The van der Waals surface area contributed by atoms with Gasteiger partial charge in [0.25, 0.3) is 5.91 Å². The van der Waals surface area contributed by atoms with Gasteiger partial charge in [0.2, 0.25) is 5.88 Å². The van der Waals surface area contributed by atoms with Crippen LogP contribution in [0.3, 0.4) is 0 Å². The normalized spacial score (nSPS) is 11.5. The third kappa shape index (κ3) is 3.84. The highest BCUT2D eigenvalue weighted by molar-refractivity contribution is 9.10. The standard InChI is InChI=1S/C36H22BrN3O2/c37-31-29-16-8-9-17-30(29)42-36(31)39-35(41)23-20-18-22(19-21-23)34-38-32-27-14-6-4-12-25(27)26-13-5-7-15-28(26)33(32)40(34)24-10-2-1-3-11-24/h1-21H,(H,39,41). The highest BCUT2D eigenvalue weighted by Gasteiger charge is 2.21. The minimum Gasteiger partial charge on any atom is -0.439 e.